The second-order valence-corrected chi connectivity index (χ2v) is 14.4. The van der Waals surface area contributed by atoms with Crippen LogP contribution in [0.1, 0.15) is 29.7 Å². The summed E-state index contributed by atoms with van der Waals surface area (Å²) in [5, 5.41) is 10.9. The number of alkyl halides is 3. The molecule has 3 aromatic carbocycles. The van der Waals surface area contributed by atoms with Crippen LogP contribution in [0.4, 0.5) is 23.5 Å². The van der Waals surface area contributed by atoms with Crippen molar-refractivity contribution in [3.8, 4) is 11.3 Å². The highest BCUT2D eigenvalue weighted by Gasteiger charge is 2.39. The summed E-state index contributed by atoms with van der Waals surface area (Å²) in [6.45, 7) is 0.233. The molecule has 1 aliphatic rings. The maximum atomic E-state index is 13.4. The molecule has 0 bridgehead atoms. The molecule has 11 nitrogen and oxygen atoms in total. The molecule has 1 saturated heterocycles. The van der Waals surface area contributed by atoms with Gasteiger partial charge in [0.25, 0.3) is 0 Å². The number of nitrogens with zero attached hydrogens (tertiary/aromatic N) is 3. The van der Waals surface area contributed by atoms with Crippen LogP contribution in [-0.2, 0) is 44.0 Å². The van der Waals surface area contributed by atoms with Crippen LogP contribution in [0.25, 0.3) is 11.3 Å². The molecular formula is C31H30F4N6O5S2. The molecule has 0 radical (unpaired) electrons. The fourth-order valence-corrected chi connectivity index (χ4v) is 7.31. The number of carbonyl (C=O) groups excluding carboxylic acids is 1. The molecule has 1 amide bonds. The Bertz CT molecular complexity index is 1990. The number of halogens is 4. The molecule has 48 heavy (non-hydrogen) atoms. The number of benzene rings is 3. The Morgan fingerprint density at radius 2 is 1.56 bits per heavy atom. The lowest BCUT2D eigenvalue weighted by molar-refractivity contribution is -0.137. The molecule has 1 fully saturated rings. The number of sulfonamides is 2. The van der Waals surface area contributed by atoms with Crippen molar-refractivity contribution in [1.82, 2.24) is 19.6 Å². The van der Waals surface area contributed by atoms with Crippen LogP contribution in [0, 0.1) is 5.82 Å². The first-order valence-electron chi connectivity index (χ1n) is 14.6. The lowest BCUT2D eigenvalue weighted by Gasteiger charge is -2.23. The number of rotatable bonds is 11. The number of nitrogens with one attached hydrogen (secondary N) is 2. The number of carbonyl (C=O) groups is 1. The zero-order valence-electron chi connectivity index (χ0n) is 25.1. The summed E-state index contributed by atoms with van der Waals surface area (Å²) in [4.78, 5) is 22.0. The third-order valence-corrected chi connectivity index (χ3v) is 10.5. The first kappa shape index (κ1) is 34.9. The van der Waals surface area contributed by atoms with Gasteiger partial charge in [0.1, 0.15) is 11.9 Å². The molecule has 0 saturated carbocycles. The molecule has 254 valence electrons. The topological polar surface area (TPSA) is 164 Å². The zero-order valence-corrected chi connectivity index (χ0v) is 26.7. The predicted molar refractivity (Wildman–Crippen MR) is 168 cm³/mol. The van der Waals surface area contributed by atoms with Gasteiger partial charge in [0.15, 0.2) is 0 Å². The summed E-state index contributed by atoms with van der Waals surface area (Å²) in [7, 11) is -7.93. The Morgan fingerprint density at radius 3 is 2.19 bits per heavy atom. The van der Waals surface area contributed by atoms with Crippen molar-refractivity contribution in [2.45, 2.75) is 47.8 Å². The summed E-state index contributed by atoms with van der Waals surface area (Å²) in [6, 6.07) is 15.1. The van der Waals surface area contributed by atoms with E-state index in [1.54, 1.807) is 12.1 Å². The van der Waals surface area contributed by atoms with Crippen molar-refractivity contribution in [2.75, 3.05) is 18.4 Å². The average molecular weight is 707 g/mol. The number of amides is 1. The van der Waals surface area contributed by atoms with E-state index < -0.39 is 49.6 Å². The summed E-state index contributed by atoms with van der Waals surface area (Å²) in [6.07, 6.45) is -3.41. The van der Waals surface area contributed by atoms with E-state index in [1.807, 2.05) is 0 Å². The van der Waals surface area contributed by atoms with Gasteiger partial charge in [-0.05, 0) is 79.4 Å². The van der Waals surface area contributed by atoms with Crippen molar-refractivity contribution in [3.63, 3.8) is 0 Å². The Kier molecular flexibility index (Phi) is 10.1. The Hall–Kier alpha value is -4.45. The summed E-state index contributed by atoms with van der Waals surface area (Å²) in [5.74, 6) is -1.07. The van der Waals surface area contributed by atoms with Crippen molar-refractivity contribution >= 4 is 31.9 Å². The maximum Gasteiger partial charge on any atom is 0.416 e. The van der Waals surface area contributed by atoms with Gasteiger partial charge in [-0.2, -0.15) is 17.5 Å². The highest BCUT2D eigenvalue weighted by molar-refractivity contribution is 7.89. The van der Waals surface area contributed by atoms with Gasteiger partial charge in [0.05, 0.1) is 33.3 Å². The molecule has 4 N–H and O–H groups in total. The number of hydrogen-bond donors (Lipinski definition) is 3. The minimum Gasteiger partial charge on any atom is -0.354 e. The van der Waals surface area contributed by atoms with E-state index in [4.69, 9.17) is 5.14 Å². The Labute approximate surface area is 274 Å². The number of anilines is 1. The standard InChI is InChI=1S/C31H30F4N6O5S2/c32-23-9-13-26(14-10-23)48(45,46)41-17-1-2-28(41)29(42)38-19-24-18-27(21-5-7-22(8-6-21)31(33,34)35)40-30(39-24)37-16-15-20-3-11-25(12-4-20)47(36,43)44/h3-14,18,28H,1-2,15-17,19H2,(H,38,42)(H2,36,43,44)(H,37,39,40). The van der Waals surface area contributed by atoms with E-state index in [-0.39, 0.29) is 47.5 Å². The van der Waals surface area contributed by atoms with Crippen molar-refractivity contribution in [2.24, 2.45) is 5.14 Å². The summed E-state index contributed by atoms with van der Waals surface area (Å²) in [5.41, 5.74) is 0.852. The normalized spacial score (nSPS) is 15.7. The minimum absolute atomic E-state index is 0.0350. The predicted octanol–water partition coefficient (Wildman–Crippen LogP) is 4.07. The number of aromatic nitrogens is 2. The van der Waals surface area contributed by atoms with Crippen LogP contribution in [0.15, 0.2) is 88.7 Å². The number of nitrogens with two attached hydrogens (primary N) is 1. The second-order valence-electron chi connectivity index (χ2n) is 11.0. The molecule has 0 spiro atoms. The van der Waals surface area contributed by atoms with Gasteiger partial charge in [-0.25, -0.2) is 36.3 Å². The molecule has 1 aromatic heterocycles. The first-order valence-corrected chi connectivity index (χ1v) is 17.6. The quantitative estimate of drug-likeness (QED) is 0.197. The van der Waals surface area contributed by atoms with Gasteiger partial charge in [-0.3, -0.25) is 4.79 Å². The monoisotopic (exact) mass is 706 g/mol. The van der Waals surface area contributed by atoms with Crippen LogP contribution in [0.2, 0.25) is 0 Å². The van der Waals surface area contributed by atoms with E-state index in [0.29, 0.717) is 24.1 Å². The Balaban J connectivity index is 1.33. The van der Waals surface area contributed by atoms with Gasteiger partial charge in [0.2, 0.25) is 31.9 Å². The highest BCUT2D eigenvalue weighted by atomic mass is 32.2. The first-order chi connectivity index (χ1) is 22.6. The summed E-state index contributed by atoms with van der Waals surface area (Å²) < 4.78 is 103. The van der Waals surface area contributed by atoms with E-state index in [0.717, 1.165) is 46.3 Å². The molecule has 1 atom stereocenters. The van der Waals surface area contributed by atoms with Crippen molar-refractivity contribution in [1.29, 1.82) is 0 Å². The highest BCUT2D eigenvalue weighted by Crippen LogP contribution is 2.31. The van der Waals surface area contributed by atoms with E-state index in [2.05, 4.69) is 20.6 Å². The molecule has 1 unspecified atom stereocenters. The molecule has 2 heterocycles. The lowest BCUT2D eigenvalue weighted by atomic mass is 10.1. The molecule has 1 aliphatic heterocycles. The molecule has 0 aliphatic carbocycles. The van der Waals surface area contributed by atoms with Gasteiger partial charge >= 0.3 is 6.18 Å². The average Bonchev–Trinajstić information content (AvgIpc) is 3.55. The van der Waals surface area contributed by atoms with Crippen molar-refractivity contribution < 1.29 is 39.2 Å². The minimum atomic E-state index is -4.53. The van der Waals surface area contributed by atoms with E-state index in [1.165, 1.54) is 30.3 Å². The third-order valence-electron chi connectivity index (χ3n) is 7.61. The molecule has 17 heteroatoms. The van der Waals surface area contributed by atoms with E-state index >= 15 is 0 Å². The molecule has 5 rings (SSSR count). The second kappa shape index (κ2) is 14.0. The van der Waals surface area contributed by atoms with Crippen LogP contribution in [0.5, 0.6) is 0 Å². The SMILES string of the molecule is NS(=O)(=O)c1ccc(CCNc2nc(CNC(=O)C3CCCN3S(=O)(=O)c3ccc(F)cc3)cc(-c3ccc(C(F)(F)F)cc3)n2)cc1. The molecule has 4 aromatic rings. The third kappa shape index (κ3) is 8.33. The zero-order chi connectivity index (χ0) is 34.7. The van der Waals surface area contributed by atoms with Gasteiger partial charge < -0.3 is 10.6 Å². The van der Waals surface area contributed by atoms with Crippen molar-refractivity contribution in [3.05, 3.63) is 102 Å². The lowest BCUT2D eigenvalue weighted by Crippen LogP contribution is -2.45. The smallest absolute Gasteiger partial charge is 0.354 e. The van der Waals surface area contributed by atoms with E-state index in [9.17, 15) is 39.2 Å². The van der Waals surface area contributed by atoms with Gasteiger partial charge in [0, 0.05) is 18.7 Å². The van der Waals surface area contributed by atoms with Crippen LogP contribution < -0.4 is 15.8 Å². The number of hydrogen-bond acceptors (Lipinski definition) is 8. The summed E-state index contributed by atoms with van der Waals surface area (Å²) >= 11 is 0. The van der Waals surface area contributed by atoms with Crippen LogP contribution >= 0.6 is 0 Å². The van der Waals surface area contributed by atoms with Gasteiger partial charge in [-0.1, -0.05) is 24.3 Å². The fraction of sp³-hybridized carbons (Fsp3) is 0.258. The van der Waals surface area contributed by atoms with Crippen LogP contribution in [-0.4, -0.2) is 56.1 Å². The Morgan fingerprint density at radius 1 is 0.917 bits per heavy atom. The van der Waals surface area contributed by atoms with Gasteiger partial charge in [-0.15, -0.1) is 0 Å². The molecular weight excluding hydrogens is 677 g/mol. The largest absolute Gasteiger partial charge is 0.416 e. The van der Waals surface area contributed by atoms with Crippen LogP contribution in [0.3, 0.4) is 0 Å². The number of primary sulfonamides is 1. The fourth-order valence-electron chi connectivity index (χ4n) is 5.14. The maximum absolute atomic E-state index is 13.4.